The molecule has 0 saturated carbocycles. The molecule has 2 atom stereocenters. The van der Waals surface area contributed by atoms with Gasteiger partial charge in [-0.2, -0.15) is 10.4 Å². The smallest absolute Gasteiger partial charge is 0.236 e. The van der Waals surface area contributed by atoms with E-state index in [-0.39, 0.29) is 18.4 Å². The van der Waals surface area contributed by atoms with Gasteiger partial charge in [-0.25, -0.2) is 9.50 Å². The third-order valence-electron chi connectivity index (χ3n) is 5.21. The summed E-state index contributed by atoms with van der Waals surface area (Å²) in [4.78, 5) is 22.9. The van der Waals surface area contributed by atoms with Crippen molar-refractivity contribution in [2.24, 2.45) is 5.92 Å². The number of amides is 1. The molecule has 4 heterocycles. The van der Waals surface area contributed by atoms with Crippen LogP contribution >= 0.6 is 0 Å². The second-order valence-corrected chi connectivity index (χ2v) is 7.07. The first kappa shape index (κ1) is 17.9. The van der Waals surface area contributed by atoms with Crippen LogP contribution in [0.4, 0.5) is 5.82 Å². The van der Waals surface area contributed by atoms with Gasteiger partial charge in [0.1, 0.15) is 12.2 Å². The van der Waals surface area contributed by atoms with Gasteiger partial charge in [-0.05, 0) is 24.5 Å². The SMILES string of the molecule is C[C@@H]1CCN(C(=O)CC#N)C[C@@H]1Nc1cncc(-c2cnn3ccccc23)n1. The van der Waals surface area contributed by atoms with Crippen molar-refractivity contribution in [2.45, 2.75) is 25.8 Å². The molecule has 8 heteroatoms. The molecule has 0 spiro atoms. The van der Waals surface area contributed by atoms with Crippen molar-refractivity contribution in [3.63, 3.8) is 0 Å². The molecule has 1 aliphatic rings. The summed E-state index contributed by atoms with van der Waals surface area (Å²) in [6, 6.07) is 7.88. The molecule has 1 saturated heterocycles. The lowest BCUT2D eigenvalue weighted by atomic mass is 9.93. The van der Waals surface area contributed by atoms with Crippen LogP contribution in [0, 0.1) is 17.2 Å². The number of piperidine rings is 1. The van der Waals surface area contributed by atoms with Crippen LogP contribution in [-0.2, 0) is 4.79 Å². The summed E-state index contributed by atoms with van der Waals surface area (Å²) in [5.74, 6) is 0.931. The number of carbonyl (C=O) groups excluding carboxylic acids is 1. The van der Waals surface area contributed by atoms with Gasteiger partial charge in [-0.3, -0.25) is 9.78 Å². The van der Waals surface area contributed by atoms with Gasteiger partial charge in [0.2, 0.25) is 5.91 Å². The van der Waals surface area contributed by atoms with Crippen molar-refractivity contribution < 1.29 is 4.79 Å². The topological polar surface area (TPSA) is 99.2 Å². The van der Waals surface area contributed by atoms with Gasteiger partial charge < -0.3 is 10.2 Å². The van der Waals surface area contributed by atoms with E-state index in [1.165, 1.54) is 0 Å². The number of aromatic nitrogens is 4. The minimum Gasteiger partial charge on any atom is -0.364 e. The molecule has 0 unspecified atom stereocenters. The Morgan fingerprint density at radius 1 is 1.36 bits per heavy atom. The van der Waals surface area contributed by atoms with Crippen LogP contribution in [0.5, 0.6) is 0 Å². The number of pyridine rings is 1. The van der Waals surface area contributed by atoms with Crippen LogP contribution < -0.4 is 5.32 Å². The van der Waals surface area contributed by atoms with Crippen LogP contribution in [0.2, 0.25) is 0 Å². The standard InChI is InChI=1S/C20H21N7O/c1-14-6-9-26(20(28)5-7-21)13-17(14)25-19-12-22-11-16(24-19)15-10-23-27-8-3-2-4-18(15)27/h2-4,8,10-12,14,17H,5-6,9,13H2,1H3,(H,24,25)/t14-,17+/m1/s1. The Balaban J connectivity index is 1.55. The van der Waals surface area contributed by atoms with Crippen LogP contribution in [0.25, 0.3) is 16.8 Å². The summed E-state index contributed by atoms with van der Waals surface area (Å²) >= 11 is 0. The van der Waals surface area contributed by atoms with E-state index >= 15 is 0 Å². The highest BCUT2D eigenvalue weighted by molar-refractivity contribution is 5.79. The van der Waals surface area contributed by atoms with Gasteiger partial charge >= 0.3 is 0 Å². The molecule has 142 valence electrons. The summed E-state index contributed by atoms with van der Waals surface area (Å²) in [5.41, 5.74) is 2.62. The van der Waals surface area contributed by atoms with Gasteiger partial charge in [-0.15, -0.1) is 0 Å². The number of rotatable bonds is 4. The number of carbonyl (C=O) groups is 1. The fourth-order valence-corrected chi connectivity index (χ4v) is 3.55. The van der Waals surface area contributed by atoms with E-state index < -0.39 is 0 Å². The molecule has 4 rings (SSSR count). The zero-order valence-corrected chi connectivity index (χ0v) is 15.6. The number of likely N-dealkylation sites (tertiary alicyclic amines) is 1. The predicted molar refractivity (Wildman–Crippen MR) is 104 cm³/mol. The molecule has 0 radical (unpaired) electrons. The first-order valence-corrected chi connectivity index (χ1v) is 9.32. The van der Waals surface area contributed by atoms with E-state index in [2.05, 4.69) is 22.3 Å². The van der Waals surface area contributed by atoms with E-state index in [0.717, 1.165) is 23.2 Å². The number of anilines is 1. The highest BCUT2D eigenvalue weighted by Gasteiger charge is 2.29. The fourth-order valence-electron chi connectivity index (χ4n) is 3.55. The summed E-state index contributed by atoms with van der Waals surface area (Å²) in [7, 11) is 0. The van der Waals surface area contributed by atoms with Crippen molar-refractivity contribution in [2.75, 3.05) is 18.4 Å². The van der Waals surface area contributed by atoms with Gasteiger partial charge in [-0.1, -0.05) is 13.0 Å². The Labute approximate surface area is 162 Å². The van der Waals surface area contributed by atoms with Gasteiger partial charge in [0.15, 0.2) is 0 Å². The average molecular weight is 375 g/mol. The lowest BCUT2D eigenvalue weighted by Gasteiger charge is -2.37. The molecule has 1 fully saturated rings. The van der Waals surface area contributed by atoms with Crippen molar-refractivity contribution in [3.05, 3.63) is 43.0 Å². The first-order valence-electron chi connectivity index (χ1n) is 9.32. The first-order chi connectivity index (χ1) is 13.7. The van der Waals surface area contributed by atoms with Gasteiger partial charge in [0.25, 0.3) is 0 Å². The van der Waals surface area contributed by atoms with E-state index in [9.17, 15) is 4.79 Å². The Hall–Kier alpha value is -3.47. The largest absolute Gasteiger partial charge is 0.364 e. The number of nitrogens with zero attached hydrogens (tertiary/aromatic N) is 6. The van der Waals surface area contributed by atoms with Crippen LogP contribution in [0.15, 0.2) is 43.0 Å². The van der Waals surface area contributed by atoms with E-state index in [1.54, 1.807) is 28.0 Å². The van der Waals surface area contributed by atoms with Gasteiger partial charge in [0.05, 0.1) is 35.9 Å². The van der Waals surface area contributed by atoms with E-state index in [0.29, 0.717) is 24.8 Å². The molecule has 0 aromatic carbocycles. The zero-order valence-electron chi connectivity index (χ0n) is 15.6. The second kappa shape index (κ2) is 7.64. The molecule has 1 N–H and O–H groups in total. The van der Waals surface area contributed by atoms with Crippen molar-refractivity contribution >= 4 is 17.2 Å². The monoisotopic (exact) mass is 375 g/mol. The maximum absolute atomic E-state index is 12.1. The highest BCUT2D eigenvalue weighted by atomic mass is 16.2. The van der Waals surface area contributed by atoms with Crippen molar-refractivity contribution in [3.8, 4) is 17.3 Å². The molecular weight excluding hydrogens is 354 g/mol. The second-order valence-electron chi connectivity index (χ2n) is 7.07. The molecule has 0 aliphatic carbocycles. The molecule has 28 heavy (non-hydrogen) atoms. The number of hydrogen-bond acceptors (Lipinski definition) is 6. The Morgan fingerprint density at radius 3 is 3.11 bits per heavy atom. The lowest BCUT2D eigenvalue weighted by Crippen LogP contribution is -2.49. The molecule has 8 nitrogen and oxygen atoms in total. The summed E-state index contributed by atoms with van der Waals surface area (Å²) in [5, 5.41) is 16.6. The van der Waals surface area contributed by atoms with Crippen LogP contribution in [0.1, 0.15) is 19.8 Å². The molecule has 1 amide bonds. The molecule has 3 aromatic heterocycles. The highest BCUT2D eigenvalue weighted by Crippen LogP contribution is 2.25. The van der Waals surface area contributed by atoms with Gasteiger partial charge in [0, 0.05) is 30.9 Å². The van der Waals surface area contributed by atoms with E-state index in [1.807, 2.05) is 30.5 Å². The number of hydrogen-bond donors (Lipinski definition) is 1. The quantitative estimate of drug-likeness (QED) is 0.751. The van der Waals surface area contributed by atoms with Crippen molar-refractivity contribution in [1.82, 2.24) is 24.5 Å². The molecule has 0 bridgehead atoms. The fraction of sp³-hybridized carbons (Fsp3) is 0.350. The summed E-state index contributed by atoms with van der Waals surface area (Å²) in [6.07, 6.45) is 7.90. The van der Waals surface area contributed by atoms with Crippen LogP contribution in [0.3, 0.4) is 0 Å². The number of nitriles is 1. The number of fused-ring (bicyclic) bond motifs is 1. The maximum Gasteiger partial charge on any atom is 0.236 e. The zero-order chi connectivity index (χ0) is 19.5. The normalized spacial score (nSPS) is 19.4. The Kier molecular flexibility index (Phi) is 4.89. The minimum absolute atomic E-state index is 0.0600. The Bertz CT molecular complexity index is 1040. The Morgan fingerprint density at radius 2 is 2.25 bits per heavy atom. The van der Waals surface area contributed by atoms with Crippen molar-refractivity contribution in [1.29, 1.82) is 5.26 Å². The third-order valence-corrected chi connectivity index (χ3v) is 5.21. The third kappa shape index (κ3) is 3.51. The molecular formula is C20H21N7O. The lowest BCUT2D eigenvalue weighted by molar-refractivity contribution is -0.131. The summed E-state index contributed by atoms with van der Waals surface area (Å²) in [6.45, 7) is 3.41. The maximum atomic E-state index is 12.1. The summed E-state index contributed by atoms with van der Waals surface area (Å²) < 4.78 is 1.80. The molecule has 1 aliphatic heterocycles. The number of nitrogens with one attached hydrogen (secondary N) is 1. The predicted octanol–water partition coefficient (Wildman–Crippen LogP) is 2.35. The van der Waals surface area contributed by atoms with Crippen LogP contribution in [-0.4, -0.2) is 49.5 Å². The average Bonchev–Trinajstić information content (AvgIpc) is 3.14. The van der Waals surface area contributed by atoms with E-state index in [4.69, 9.17) is 10.2 Å². The minimum atomic E-state index is -0.118. The molecule has 3 aromatic rings.